The van der Waals surface area contributed by atoms with E-state index in [9.17, 15) is 5.11 Å². The number of aliphatic hydroxyl groups excluding tert-OH is 1. The van der Waals surface area contributed by atoms with E-state index in [0.717, 1.165) is 15.4 Å². The number of halogens is 1. The Kier molecular flexibility index (Phi) is 3.83. The van der Waals surface area contributed by atoms with Crippen molar-refractivity contribution in [2.75, 3.05) is 0 Å². The maximum Gasteiger partial charge on any atom is 0.0693 e. The summed E-state index contributed by atoms with van der Waals surface area (Å²) in [7, 11) is 0. The van der Waals surface area contributed by atoms with E-state index >= 15 is 0 Å². The topological polar surface area (TPSA) is 33.1 Å². The number of rotatable bonds is 3. The van der Waals surface area contributed by atoms with E-state index in [2.05, 4.69) is 4.98 Å². The average molecular weight is 252 g/mol. The molecule has 0 bridgehead atoms. The smallest absolute Gasteiger partial charge is 0.0693 e. The molecule has 2 rings (SSSR count). The molecule has 0 atom stereocenters. The Balaban J connectivity index is 2.28. The van der Waals surface area contributed by atoms with Gasteiger partial charge in [-0.25, -0.2) is 0 Å². The van der Waals surface area contributed by atoms with E-state index in [1.165, 1.54) is 0 Å². The molecule has 1 aromatic carbocycles. The SMILES string of the molecule is OCc1cc(Cl)ccc1Sc1ccncc1. The maximum atomic E-state index is 9.24. The van der Waals surface area contributed by atoms with Gasteiger partial charge in [0.2, 0.25) is 0 Å². The lowest BCUT2D eigenvalue weighted by molar-refractivity contribution is 0.279. The maximum absolute atomic E-state index is 9.24. The number of hydrogen-bond acceptors (Lipinski definition) is 3. The first kappa shape index (κ1) is 11.5. The Labute approximate surface area is 103 Å². The van der Waals surface area contributed by atoms with Crippen LogP contribution < -0.4 is 0 Å². The summed E-state index contributed by atoms with van der Waals surface area (Å²) in [6.45, 7) is -0.00598. The van der Waals surface area contributed by atoms with E-state index in [0.29, 0.717) is 5.02 Å². The van der Waals surface area contributed by atoms with E-state index in [1.54, 1.807) is 30.2 Å². The molecule has 1 heterocycles. The molecule has 0 radical (unpaired) electrons. The number of nitrogens with zero attached hydrogens (tertiary/aromatic N) is 1. The van der Waals surface area contributed by atoms with Gasteiger partial charge >= 0.3 is 0 Å². The monoisotopic (exact) mass is 251 g/mol. The Morgan fingerprint density at radius 3 is 2.62 bits per heavy atom. The van der Waals surface area contributed by atoms with Crippen molar-refractivity contribution in [1.29, 1.82) is 0 Å². The van der Waals surface area contributed by atoms with Crippen molar-refractivity contribution in [2.24, 2.45) is 0 Å². The molecule has 2 aromatic rings. The summed E-state index contributed by atoms with van der Waals surface area (Å²) in [6, 6.07) is 9.38. The Bertz CT molecular complexity index is 476. The highest BCUT2D eigenvalue weighted by Crippen LogP contribution is 2.31. The third kappa shape index (κ3) is 2.76. The molecule has 0 fully saturated rings. The second-order valence-electron chi connectivity index (χ2n) is 3.20. The molecule has 0 amide bonds. The zero-order chi connectivity index (χ0) is 11.4. The second-order valence-corrected chi connectivity index (χ2v) is 4.75. The quantitative estimate of drug-likeness (QED) is 0.908. The minimum atomic E-state index is -0.00598. The van der Waals surface area contributed by atoms with Gasteiger partial charge < -0.3 is 5.11 Å². The van der Waals surface area contributed by atoms with Gasteiger partial charge in [-0.05, 0) is 35.9 Å². The van der Waals surface area contributed by atoms with Crippen LogP contribution in [0, 0.1) is 0 Å². The molecular formula is C12H10ClNOS. The van der Waals surface area contributed by atoms with Crippen LogP contribution in [0.1, 0.15) is 5.56 Å². The van der Waals surface area contributed by atoms with Crippen molar-refractivity contribution < 1.29 is 5.11 Å². The van der Waals surface area contributed by atoms with Crippen molar-refractivity contribution >= 4 is 23.4 Å². The third-order valence-electron chi connectivity index (χ3n) is 2.07. The predicted molar refractivity (Wildman–Crippen MR) is 65.7 cm³/mol. The average Bonchev–Trinajstić information content (AvgIpc) is 2.33. The van der Waals surface area contributed by atoms with Crippen LogP contribution >= 0.6 is 23.4 Å². The molecule has 0 aliphatic carbocycles. The second kappa shape index (κ2) is 5.34. The van der Waals surface area contributed by atoms with Crippen LogP contribution in [0.2, 0.25) is 5.02 Å². The molecule has 0 aliphatic heterocycles. The lowest BCUT2D eigenvalue weighted by atomic mass is 10.2. The first-order chi connectivity index (χ1) is 7.79. The summed E-state index contributed by atoms with van der Waals surface area (Å²) in [4.78, 5) is 6.06. The molecule has 1 aromatic heterocycles. The summed E-state index contributed by atoms with van der Waals surface area (Å²) in [5.41, 5.74) is 0.842. The zero-order valence-corrected chi connectivity index (χ0v) is 10.0. The lowest BCUT2D eigenvalue weighted by Crippen LogP contribution is -1.87. The van der Waals surface area contributed by atoms with Crippen LogP contribution in [0.3, 0.4) is 0 Å². The van der Waals surface area contributed by atoms with E-state index in [-0.39, 0.29) is 6.61 Å². The summed E-state index contributed by atoms with van der Waals surface area (Å²) in [5, 5.41) is 9.88. The van der Waals surface area contributed by atoms with E-state index in [1.807, 2.05) is 24.3 Å². The largest absolute Gasteiger partial charge is 0.392 e. The highest BCUT2D eigenvalue weighted by Gasteiger charge is 2.04. The Morgan fingerprint density at radius 2 is 1.94 bits per heavy atom. The highest BCUT2D eigenvalue weighted by molar-refractivity contribution is 7.99. The van der Waals surface area contributed by atoms with Gasteiger partial charge in [0.05, 0.1) is 6.61 Å². The van der Waals surface area contributed by atoms with Crippen molar-refractivity contribution in [3.05, 3.63) is 53.3 Å². The van der Waals surface area contributed by atoms with Crippen LogP contribution in [0.15, 0.2) is 52.5 Å². The van der Waals surface area contributed by atoms with Crippen LogP contribution in [-0.2, 0) is 6.61 Å². The minimum absolute atomic E-state index is 0.00598. The molecule has 0 saturated heterocycles. The van der Waals surface area contributed by atoms with Gasteiger partial charge in [-0.15, -0.1) is 0 Å². The first-order valence-electron chi connectivity index (χ1n) is 4.77. The first-order valence-corrected chi connectivity index (χ1v) is 5.96. The molecule has 2 nitrogen and oxygen atoms in total. The van der Waals surface area contributed by atoms with Gasteiger partial charge in [0, 0.05) is 27.2 Å². The predicted octanol–water partition coefficient (Wildman–Crippen LogP) is 3.38. The van der Waals surface area contributed by atoms with Crippen molar-refractivity contribution in [1.82, 2.24) is 4.98 Å². The van der Waals surface area contributed by atoms with E-state index in [4.69, 9.17) is 11.6 Å². The molecule has 4 heteroatoms. The van der Waals surface area contributed by atoms with Crippen LogP contribution in [0.5, 0.6) is 0 Å². The van der Waals surface area contributed by atoms with Crippen LogP contribution in [0.4, 0.5) is 0 Å². The van der Waals surface area contributed by atoms with Crippen LogP contribution in [0.25, 0.3) is 0 Å². The molecule has 0 unspecified atom stereocenters. The zero-order valence-electron chi connectivity index (χ0n) is 8.43. The summed E-state index contributed by atoms with van der Waals surface area (Å²) in [5.74, 6) is 0. The highest BCUT2D eigenvalue weighted by atomic mass is 35.5. The molecule has 0 aliphatic rings. The fourth-order valence-electron chi connectivity index (χ4n) is 1.30. The molecule has 1 N–H and O–H groups in total. The molecule has 82 valence electrons. The molecule has 0 spiro atoms. The van der Waals surface area contributed by atoms with E-state index < -0.39 is 0 Å². The summed E-state index contributed by atoms with van der Waals surface area (Å²) in [6.07, 6.45) is 3.49. The van der Waals surface area contributed by atoms with Crippen molar-refractivity contribution in [2.45, 2.75) is 16.4 Å². The fraction of sp³-hybridized carbons (Fsp3) is 0.0833. The Morgan fingerprint density at radius 1 is 1.19 bits per heavy atom. The van der Waals surface area contributed by atoms with Gasteiger partial charge in [0.1, 0.15) is 0 Å². The van der Waals surface area contributed by atoms with Crippen LogP contribution in [-0.4, -0.2) is 10.1 Å². The van der Waals surface area contributed by atoms with Gasteiger partial charge in [-0.1, -0.05) is 23.4 Å². The Hall–Kier alpha value is -1.03. The number of aromatic nitrogens is 1. The fourth-order valence-corrected chi connectivity index (χ4v) is 2.40. The third-order valence-corrected chi connectivity index (χ3v) is 3.43. The van der Waals surface area contributed by atoms with Crippen molar-refractivity contribution in [3.63, 3.8) is 0 Å². The molecule has 16 heavy (non-hydrogen) atoms. The lowest BCUT2D eigenvalue weighted by Gasteiger charge is -2.07. The minimum Gasteiger partial charge on any atom is -0.392 e. The number of hydrogen-bond donors (Lipinski definition) is 1. The van der Waals surface area contributed by atoms with Gasteiger partial charge in [-0.3, -0.25) is 4.98 Å². The number of pyridine rings is 1. The summed E-state index contributed by atoms with van der Waals surface area (Å²) >= 11 is 7.46. The number of aliphatic hydroxyl groups is 1. The number of benzene rings is 1. The standard InChI is InChI=1S/C12H10ClNOS/c13-10-1-2-12(9(7-10)8-15)16-11-3-5-14-6-4-11/h1-7,15H,8H2. The molecule has 0 saturated carbocycles. The summed E-state index contributed by atoms with van der Waals surface area (Å²) < 4.78 is 0. The van der Waals surface area contributed by atoms with Crippen molar-refractivity contribution in [3.8, 4) is 0 Å². The molecular weight excluding hydrogens is 242 g/mol. The van der Waals surface area contributed by atoms with Gasteiger partial charge in [0.15, 0.2) is 0 Å². The van der Waals surface area contributed by atoms with Gasteiger partial charge in [0.25, 0.3) is 0 Å². The normalized spacial score (nSPS) is 10.4. The van der Waals surface area contributed by atoms with Gasteiger partial charge in [-0.2, -0.15) is 0 Å².